The molecule has 5 heteroatoms. The van der Waals surface area contributed by atoms with E-state index in [0.717, 1.165) is 0 Å². The lowest BCUT2D eigenvalue weighted by atomic mass is 10.3. The number of nitrogens with zero attached hydrogens (tertiary/aromatic N) is 1. The summed E-state index contributed by atoms with van der Waals surface area (Å²) in [4.78, 5) is 14.6. The van der Waals surface area contributed by atoms with Crippen molar-refractivity contribution >= 4 is 29.7 Å². The Kier molecular flexibility index (Phi) is 6.56. The van der Waals surface area contributed by atoms with Crippen LogP contribution < -0.4 is 5.73 Å². The predicted octanol–water partition coefficient (Wildman–Crippen LogP) is 1.87. The first kappa shape index (κ1) is 14.4. The third-order valence-electron chi connectivity index (χ3n) is 2.01. The minimum absolute atomic E-state index is 0. The van der Waals surface area contributed by atoms with Gasteiger partial charge in [0, 0.05) is 11.4 Å². The molecule has 0 saturated carbocycles. The van der Waals surface area contributed by atoms with Crippen LogP contribution in [0.4, 0.5) is 0 Å². The molecule has 0 radical (unpaired) electrons. The van der Waals surface area contributed by atoms with Gasteiger partial charge < -0.3 is 10.6 Å². The minimum Gasteiger partial charge on any atom is -0.336 e. The Labute approximate surface area is 101 Å². The second-order valence-corrected chi connectivity index (χ2v) is 4.25. The Balaban J connectivity index is 0.00000196. The highest BCUT2D eigenvalue weighted by atomic mass is 35.5. The zero-order valence-electron chi connectivity index (χ0n) is 8.97. The Hall–Kier alpha value is -0.580. The molecule has 1 atom stereocenters. The van der Waals surface area contributed by atoms with Gasteiger partial charge >= 0.3 is 0 Å². The number of carbonyl (C=O) groups is 1. The maximum Gasteiger partial charge on any atom is 0.239 e. The van der Waals surface area contributed by atoms with Crippen LogP contribution in [0.5, 0.6) is 0 Å². The molecule has 0 aliphatic heterocycles. The molecule has 0 bridgehead atoms. The van der Waals surface area contributed by atoms with Gasteiger partial charge in [0.1, 0.15) is 0 Å². The van der Waals surface area contributed by atoms with E-state index in [1.54, 1.807) is 23.2 Å². The van der Waals surface area contributed by atoms with Crippen LogP contribution in [-0.2, 0) is 11.3 Å². The molecular formula is C10H17ClN2OS. The molecule has 1 rings (SSSR count). The first-order chi connectivity index (χ1) is 6.65. The van der Waals surface area contributed by atoms with E-state index in [2.05, 4.69) is 0 Å². The molecule has 0 spiro atoms. The molecule has 0 saturated heterocycles. The van der Waals surface area contributed by atoms with Crippen LogP contribution in [-0.4, -0.2) is 23.4 Å². The highest BCUT2D eigenvalue weighted by Crippen LogP contribution is 2.12. The van der Waals surface area contributed by atoms with Crippen molar-refractivity contribution < 1.29 is 4.79 Å². The van der Waals surface area contributed by atoms with Crippen molar-refractivity contribution in [3.63, 3.8) is 0 Å². The average molecular weight is 249 g/mol. The van der Waals surface area contributed by atoms with Crippen molar-refractivity contribution in [2.75, 3.05) is 6.54 Å². The van der Waals surface area contributed by atoms with E-state index in [9.17, 15) is 4.79 Å². The molecule has 3 nitrogen and oxygen atoms in total. The van der Waals surface area contributed by atoms with Gasteiger partial charge in [0.05, 0.1) is 12.6 Å². The number of rotatable bonds is 4. The lowest BCUT2D eigenvalue weighted by molar-refractivity contribution is -0.132. The molecule has 1 amide bonds. The monoisotopic (exact) mass is 248 g/mol. The summed E-state index contributed by atoms with van der Waals surface area (Å²) in [5.41, 5.74) is 5.55. The van der Waals surface area contributed by atoms with Crippen molar-refractivity contribution in [3.8, 4) is 0 Å². The van der Waals surface area contributed by atoms with Gasteiger partial charge in [0.2, 0.25) is 5.91 Å². The SMILES string of the molecule is CCN(Cc1cccs1)C(=O)[C@@H](C)N.Cl. The topological polar surface area (TPSA) is 46.3 Å². The first-order valence-corrected chi connectivity index (χ1v) is 5.60. The summed E-state index contributed by atoms with van der Waals surface area (Å²) in [6.07, 6.45) is 0. The van der Waals surface area contributed by atoms with Crippen LogP contribution in [0.2, 0.25) is 0 Å². The molecule has 15 heavy (non-hydrogen) atoms. The predicted molar refractivity (Wildman–Crippen MR) is 66.3 cm³/mol. The summed E-state index contributed by atoms with van der Waals surface area (Å²) in [5.74, 6) is 0.0147. The van der Waals surface area contributed by atoms with Gasteiger partial charge in [-0.3, -0.25) is 4.79 Å². The summed E-state index contributed by atoms with van der Waals surface area (Å²) in [5, 5.41) is 2.01. The number of hydrogen-bond acceptors (Lipinski definition) is 3. The van der Waals surface area contributed by atoms with Crippen LogP contribution in [0.1, 0.15) is 18.7 Å². The van der Waals surface area contributed by atoms with Crippen molar-refractivity contribution in [1.29, 1.82) is 0 Å². The number of thiophene rings is 1. The summed E-state index contributed by atoms with van der Waals surface area (Å²) < 4.78 is 0. The number of amides is 1. The molecule has 1 aromatic heterocycles. The average Bonchev–Trinajstić information content (AvgIpc) is 2.65. The maximum atomic E-state index is 11.6. The van der Waals surface area contributed by atoms with Crippen LogP contribution in [0.3, 0.4) is 0 Å². The third kappa shape index (κ3) is 4.20. The molecule has 0 aliphatic rings. The Morgan fingerprint density at radius 3 is 2.73 bits per heavy atom. The maximum absolute atomic E-state index is 11.6. The van der Waals surface area contributed by atoms with Gasteiger partial charge in [0.25, 0.3) is 0 Å². The van der Waals surface area contributed by atoms with Crippen molar-refractivity contribution in [2.24, 2.45) is 5.73 Å². The molecule has 2 N–H and O–H groups in total. The van der Waals surface area contributed by atoms with E-state index < -0.39 is 6.04 Å². The summed E-state index contributed by atoms with van der Waals surface area (Å²) in [6, 6.07) is 3.61. The summed E-state index contributed by atoms with van der Waals surface area (Å²) >= 11 is 1.66. The molecule has 1 aromatic rings. The highest BCUT2D eigenvalue weighted by molar-refractivity contribution is 7.09. The largest absolute Gasteiger partial charge is 0.336 e. The lowest BCUT2D eigenvalue weighted by Gasteiger charge is -2.21. The smallest absolute Gasteiger partial charge is 0.239 e. The second-order valence-electron chi connectivity index (χ2n) is 3.22. The Morgan fingerprint density at radius 2 is 2.33 bits per heavy atom. The summed E-state index contributed by atoms with van der Waals surface area (Å²) in [7, 11) is 0. The fraction of sp³-hybridized carbons (Fsp3) is 0.500. The van der Waals surface area contributed by atoms with E-state index >= 15 is 0 Å². The number of halogens is 1. The van der Waals surface area contributed by atoms with Gasteiger partial charge in [-0.05, 0) is 25.3 Å². The molecule has 1 heterocycles. The van der Waals surface area contributed by atoms with Crippen LogP contribution in [0.25, 0.3) is 0 Å². The first-order valence-electron chi connectivity index (χ1n) is 4.72. The molecule has 0 aliphatic carbocycles. The fourth-order valence-electron chi connectivity index (χ4n) is 1.22. The number of carbonyl (C=O) groups excluding carboxylic acids is 1. The van der Waals surface area contributed by atoms with E-state index in [-0.39, 0.29) is 18.3 Å². The number of likely N-dealkylation sites (N-methyl/N-ethyl adjacent to an activating group) is 1. The standard InChI is InChI=1S/C10H16N2OS.ClH/c1-3-12(10(13)8(2)11)7-9-5-4-6-14-9;/h4-6,8H,3,7,11H2,1-2H3;1H/t8-;/m1./s1. The quantitative estimate of drug-likeness (QED) is 0.884. The fourth-order valence-corrected chi connectivity index (χ4v) is 1.94. The molecular weight excluding hydrogens is 232 g/mol. The highest BCUT2D eigenvalue weighted by Gasteiger charge is 2.15. The lowest BCUT2D eigenvalue weighted by Crippen LogP contribution is -2.41. The van der Waals surface area contributed by atoms with Gasteiger partial charge in [-0.15, -0.1) is 23.7 Å². The second kappa shape index (κ2) is 6.82. The van der Waals surface area contributed by atoms with E-state index in [1.165, 1.54) is 4.88 Å². The summed E-state index contributed by atoms with van der Waals surface area (Å²) in [6.45, 7) is 5.07. The zero-order valence-corrected chi connectivity index (χ0v) is 10.6. The third-order valence-corrected chi connectivity index (χ3v) is 2.87. The van der Waals surface area contributed by atoms with E-state index in [0.29, 0.717) is 13.1 Å². The molecule has 0 fully saturated rings. The minimum atomic E-state index is -0.407. The van der Waals surface area contributed by atoms with Crippen molar-refractivity contribution in [2.45, 2.75) is 26.4 Å². The zero-order chi connectivity index (χ0) is 10.6. The number of nitrogens with two attached hydrogens (primary N) is 1. The Morgan fingerprint density at radius 1 is 1.67 bits per heavy atom. The molecule has 0 aromatic carbocycles. The van der Waals surface area contributed by atoms with Crippen molar-refractivity contribution in [1.82, 2.24) is 4.90 Å². The normalized spacial score (nSPS) is 11.7. The van der Waals surface area contributed by atoms with Crippen LogP contribution >= 0.6 is 23.7 Å². The molecule has 0 unspecified atom stereocenters. The molecule has 86 valence electrons. The van der Waals surface area contributed by atoms with Gasteiger partial charge in [-0.1, -0.05) is 6.07 Å². The van der Waals surface area contributed by atoms with Gasteiger partial charge in [-0.25, -0.2) is 0 Å². The van der Waals surface area contributed by atoms with E-state index in [4.69, 9.17) is 5.73 Å². The Bertz CT molecular complexity index is 288. The van der Waals surface area contributed by atoms with Gasteiger partial charge in [-0.2, -0.15) is 0 Å². The van der Waals surface area contributed by atoms with Crippen LogP contribution in [0, 0.1) is 0 Å². The van der Waals surface area contributed by atoms with E-state index in [1.807, 2.05) is 24.4 Å². The van der Waals surface area contributed by atoms with Gasteiger partial charge in [0.15, 0.2) is 0 Å². The van der Waals surface area contributed by atoms with Crippen molar-refractivity contribution in [3.05, 3.63) is 22.4 Å². The van der Waals surface area contributed by atoms with Crippen LogP contribution in [0.15, 0.2) is 17.5 Å². The number of hydrogen-bond donors (Lipinski definition) is 1.